The highest BCUT2D eigenvalue weighted by Gasteiger charge is 2.31. The lowest BCUT2D eigenvalue weighted by Crippen LogP contribution is -2.43. The molecule has 0 spiro atoms. The topological polar surface area (TPSA) is 32.3 Å². The van der Waals surface area contributed by atoms with E-state index in [4.69, 9.17) is 0 Å². The molecule has 0 bridgehead atoms. The largest absolute Gasteiger partial charge is 0.348 e. The van der Waals surface area contributed by atoms with Crippen LogP contribution in [0.4, 0.5) is 0 Å². The van der Waals surface area contributed by atoms with Gasteiger partial charge in [-0.25, -0.2) is 0 Å². The van der Waals surface area contributed by atoms with E-state index in [1.165, 1.54) is 6.42 Å². The van der Waals surface area contributed by atoms with Gasteiger partial charge in [-0.05, 0) is 19.9 Å². The Morgan fingerprint density at radius 3 is 2.69 bits per heavy atom. The van der Waals surface area contributed by atoms with Crippen LogP contribution in [0, 0.1) is 5.92 Å². The Labute approximate surface area is 80.5 Å². The van der Waals surface area contributed by atoms with Gasteiger partial charge < -0.3 is 10.2 Å². The zero-order valence-electron chi connectivity index (χ0n) is 8.76. The number of amides is 1. The van der Waals surface area contributed by atoms with Crippen LogP contribution in [-0.2, 0) is 4.79 Å². The highest BCUT2D eigenvalue weighted by Crippen LogP contribution is 2.27. The summed E-state index contributed by atoms with van der Waals surface area (Å²) in [5.74, 6) is 1.25. The van der Waals surface area contributed by atoms with Gasteiger partial charge in [0.15, 0.2) is 0 Å². The van der Waals surface area contributed by atoms with Crippen LogP contribution in [0.2, 0.25) is 0 Å². The second kappa shape index (κ2) is 4.61. The molecule has 13 heavy (non-hydrogen) atoms. The first-order valence-electron chi connectivity index (χ1n) is 4.91. The molecule has 3 heteroatoms. The van der Waals surface area contributed by atoms with Crippen molar-refractivity contribution >= 4 is 5.91 Å². The number of hydrogen-bond acceptors (Lipinski definition) is 2. The van der Waals surface area contributed by atoms with E-state index >= 15 is 0 Å². The standard InChI is InChI=1S/C10H19N2O/c1-11-9-7-5-4-6-8(9)10(13)12(2)3/h9,11H,4-7H2,1-3H3. The summed E-state index contributed by atoms with van der Waals surface area (Å²) in [7, 11) is 5.56. The molecule has 1 amide bonds. The minimum absolute atomic E-state index is 0.194. The van der Waals surface area contributed by atoms with Crippen LogP contribution in [0.3, 0.4) is 0 Å². The number of carbonyl (C=O) groups is 1. The predicted octanol–water partition coefficient (Wildman–Crippen LogP) is 0.811. The monoisotopic (exact) mass is 183 g/mol. The van der Waals surface area contributed by atoms with Gasteiger partial charge in [-0.2, -0.15) is 0 Å². The van der Waals surface area contributed by atoms with E-state index in [0.717, 1.165) is 25.2 Å². The number of nitrogens with one attached hydrogen (secondary N) is 1. The summed E-state index contributed by atoms with van der Waals surface area (Å²) in [4.78, 5) is 13.4. The quantitative estimate of drug-likeness (QED) is 0.687. The average Bonchev–Trinajstić information content (AvgIpc) is 2.16. The van der Waals surface area contributed by atoms with E-state index < -0.39 is 0 Å². The van der Waals surface area contributed by atoms with Crippen LogP contribution in [0.25, 0.3) is 0 Å². The molecule has 3 nitrogen and oxygen atoms in total. The van der Waals surface area contributed by atoms with Gasteiger partial charge in [0.2, 0.25) is 5.91 Å². The summed E-state index contributed by atoms with van der Waals surface area (Å²) in [5.41, 5.74) is 0. The van der Waals surface area contributed by atoms with E-state index in [9.17, 15) is 4.79 Å². The zero-order valence-corrected chi connectivity index (χ0v) is 8.76. The normalized spacial score (nSPS) is 24.4. The second-order valence-electron chi connectivity index (χ2n) is 3.81. The Morgan fingerprint density at radius 2 is 2.15 bits per heavy atom. The number of hydrogen-bond donors (Lipinski definition) is 1. The molecule has 1 atom stereocenters. The molecule has 1 aliphatic rings. The van der Waals surface area contributed by atoms with Crippen molar-refractivity contribution in [3.63, 3.8) is 0 Å². The number of rotatable bonds is 2. The van der Waals surface area contributed by atoms with Crippen molar-refractivity contribution in [3.05, 3.63) is 5.92 Å². The third kappa shape index (κ3) is 2.44. The Balaban J connectivity index is 2.58. The van der Waals surface area contributed by atoms with Gasteiger partial charge in [-0.15, -0.1) is 0 Å². The van der Waals surface area contributed by atoms with E-state index in [2.05, 4.69) is 5.32 Å². The maximum Gasteiger partial charge on any atom is 0.231 e. The molecule has 1 rings (SSSR count). The van der Waals surface area contributed by atoms with Crippen molar-refractivity contribution in [3.8, 4) is 0 Å². The fourth-order valence-electron chi connectivity index (χ4n) is 1.87. The summed E-state index contributed by atoms with van der Waals surface area (Å²) in [6, 6.07) is 0.309. The Bertz CT molecular complexity index is 180. The molecular formula is C10H19N2O. The molecule has 75 valence electrons. The lowest BCUT2D eigenvalue weighted by Gasteiger charge is -2.31. The van der Waals surface area contributed by atoms with Gasteiger partial charge in [0.05, 0.1) is 5.92 Å². The molecule has 0 aliphatic heterocycles. The summed E-state index contributed by atoms with van der Waals surface area (Å²) >= 11 is 0. The van der Waals surface area contributed by atoms with Crippen molar-refractivity contribution in [1.82, 2.24) is 10.2 Å². The van der Waals surface area contributed by atoms with Gasteiger partial charge in [-0.3, -0.25) is 4.79 Å². The average molecular weight is 183 g/mol. The lowest BCUT2D eigenvalue weighted by molar-refractivity contribution is -0.127. The number of nitrogens with zero attached hydrogens (tertiary/aromatic N) is 1. The molecule has 0 heterocycles. The van der Waals surface area contributed by atoms with Gasteiger partial charge in [-0.1, -0.05) is 12.8 Å². The van der Waals surface area contributed by atoms with Crippen LogP contribution >= 0.6 is 0 Å². The molecule has 0 aromatic carbocycles. The van der Waals surface area contributed by atoms with Gasteiger partial charge in [0, 0.05) is 20.1 Å². The fourth-order valence-corrected chi connectivity index (χ4v) is 1.87. The molecule has 0 aromatic heterocycles. The minimum Gasteiger partial charge on any atom is -0.348 e. The van der Waals surface area contributed by atoms with Crippen molar-refractivity contribution in [1.29, 1.82) is 0 Å². The minimum atomic E-state index is 0.194. The highest BCUT2D eigenvalue weighted by atomic mass is 16.2. The SMILES string of the molecule is CNC1CCCC[C]1C(=O)N(C)C. The lowest BCUT2D eigenvalue weighted by atomic mass is 9.84. The second-order valence-corrected chi connectivity index (χ2v) is 3.81. The van der Waals surface area contributed by atoms with Crippen molar-refractivity contribution < 1.29 is 4.79 Å². The van der Waals surface area contributed by atoms with Gasteiger partial charge in [0.1, 0.15) is 0 Å². The van der Waals surface area contributed by atoms with Crippen LogP contribution in [0.1, 0.15) is 25.7 Å². The molecule has 1 fully saturated rings. The summed E-state index contributed by atoms with van der Waals surface area (Å²) in [6.45, 7) is 0. The van der Waals surface area contributed by atoms with Crippen LogP contribution < -0.4 is 5.32 Å². The number of carbonyl (C=O) groups excluding carboxylic acids is 1. The fraction of sp³-hybridized carbons (Fsp3) is 0.800. The molecule has 1 N–H and O–H groups in total. The molecule has 0 saturated heterocycles. The van der Waals surface area contributed by atoms with E-state index in [1.54, 1.807) is 4.90 Å². The Kier molecular flexibility index (Phi) is 3.72. The van der Waals surface area contributed by atoms with E-state index in [1.807, 2.05) is 21.1 Å². The van der Waals surface area contributed by atoms with Crippen molar-refractivity contribution in [2.24, 2.45) is 0 Å². The summed E-state index contributed by atoms with van der Waals surface area (Å²) in [6.07, 6.45) is 4.46. The third-order valence-corrected chi connectivity index (χ3v) is 2.64. The molecule has 1 radical (unpaired) electrons. The molecule has 0 aromatic rings. The molecule has 1 saturated carbocycles. The van der Waals surface area contributed by atoms with Gasteiger partial charge >= 0.3 is 0 Å². The van der Waals surface area contributed by atoms with Crippen LogP contribution in [0.15, 0.2) is 0 Å². The molecule has 1 unspecified atom stereocenters. The smallest absolute Gasteiger partial charge is 0.231 e. The van der Waals surface area contributed by atoms with Crippen molar-refractivity contribution in [2.75, 3.05) is 21.1 Å². The Hall–Kier alpha value is -0.570. The maximum absolute atomic E-state index is 11.7. The van der Waals surface area contributed by atoms with Crippen LogP contribution in [-0.4, -0.2) is 38.0 Å². The van der Waals surface area contributed by atoms with Crippen molar-refractivity contribution in [2.45, 2.75) is 31.7 Å². The molecular weight excluding hydrogens is 164 g/mol. The first-order chi connectivity index (χ1) is 6.16. The first-order valence-corrected chi connectivity index (χ1v) is 4.91. The first kappa shape index (κ1) is 10.5. The third-order valence-electron chi connectivity index (χ3n) is 2.64. The predicted molar refractivity (Wildman–Crippen MR) is 53.3 cm³/mol. The highest BCUT2D eigenvalue weighted by molar-refractivity contribution is 5.90. The Morgan fingerprint density at radius 1 is 1.46 bits per heavy atom. The van der Waals surface area contributed by atoms with E-state index in [-0.39, 0.29) is 5.91 Å². The van der Waals surface area contributed by atoms with E-state index in [0.29, 0.717) is 6.04 Å². The summed E-state index contributed by atoms with van der Waals surface area (Å²) in [5, 5.41) is 3.21. The zero-order chi connectivity index (χ0) is 9.84. The maximum atomic E-state index is 11.7. The summed E-state index contributed by atoms with van der Waals surface area (Å²) < 4.78 is 0. The van der Waals surface area contributed by atoms with Crippen LogP contribution in [0.5, 0.6) is 0 Å². The molecule has 1 aliphatic carbocycles. The van der Waals surface area contributed by atoms with Gasteiger partial charge in [0.25, 0.3) is 0 Å².